The normalized spacial score (nSPS) is 10.1. The molecule has 0 saturated carbocycles. The summed E-state index contributed by atoms with van der Waals surface area (Å²) in [5, 5.41) is 2.84. The van der Waals surface area contributed by atoms with Gasteiger partial charge in [0.1, 0.15) is 5.82 Å². The Morgan fingerprint density at radius 1 is 1.37 bits per heavy atom. The highest BCUT2D eigenvalue weighted by atomic mass is 127. The van der Waals surface area contributed by atoms with Gasteiger partial charge in [-0.3, -0.25) is 4.98 Å². The summed E-state index contributed by atoms with van der Waals surface area (Å²) in [6.07, 6.45) is 2.92. The van der Waals surface area contributed by atoms with Crippen LogP contribution in [0.3, 0.4) is 0 Å². The van der Waals surface area contributed by atoms with Crippen LogP contribution in [0.4, 0.5) is 15.8 Å². The van der Waals surface area contributed by atoms with Gasteiger partial charge in [0.2, 0.25) is 0 Å². The lowest BCUT2D eigenvalue weighted by molar-refractivity contribution is 0.0602. The lowest BCUT2D eigenvalue weighted by Gasteiger charge is -2.10. The fraction of sp³-hybridized carbons (Fsp3) is 0.0769. The van der Waals surface area contributed by atoms with Gasteiger partial charge in [-0.15, -0.1) is 0 Å². The third-order valence-electron chi connectivity index (χ3n) is 2.43. The minimum Gasteiger partial charge on any atom is -0.465 e. The van der Waals surface area contributed by atoms with E-state index in [0.717, 1.165) is 3.57 Å². The Morgan fingerprint density at radius 3 is 2.84 bits per heavy atom. The number of nitrogens with zero attached hydrogens (tertiary/aromatic N) is 1. The number of aromatic nitrogens is 1. The van der Waals surface area contributed by atoms with Crippen LogP contribution < -0.4 is 5.32 Å². The minimum absolute atomic E-state index is 0.276. The second kappa shape index (κ2) is 5.96. The molecule has 1 N–H and O–H groups in total. The van der Waals surface area contributed by atoms with Gasteiger partial charge in [0.15, 0.2) is 0 Å². The molecular weight excluding hydrogens is 362 g/mol. The summed E-state index contributed by atoms with van der Waals surface area (Å²) in [7, 11) is 1.29. The molecule has 0 atom stereocenters. The van der Waals surface area contributed by atoms with Crippen molar-refractivity contribution < 1.29 is 13.9 Å². The van der Waals surface area contributed by atoms with Crippen LogP contribution in [0.1, 0.15) is 10.4 Å². The van der Waals surface area contributed by atoms with Gasteiger partial charge in [-0.2, -0.15) is 0 Å². The molecule has 0 aliphatic rings. The standard InChI is InChI=1S/C13H10FIN2O2/c1-19-13(18)9-4-5-16-7-12(9)17-11-3-2-8(15)6-10(11)14/h2-7,17H,1H3. The molecule has 98 valence electrons. The maximum absolute atomic E-state index is 13.7. The number of carbonyl (C=O) groups excluding carboxylic acids is 1. The first-order valence-electron chi connectivity index (χ1n) is 5.36. The summed E-state index contributed by atoms with van der Waals surface area (Å²) in [6, 6.07) is 6.28. The molecule has 0 unspecified atom stereocenters. The smallest absolute Gasteiger partial charge is 0.340 e. The van der Waals surface area contributed by atoms with Gasteiger partial charge in [-0.1, -0.05) is 0 Å². The third-order valence-corrected chi connectivity index (χ3v) is 3.10. The van der Waals surface area contributed by atoms with Crippen LogP contribution in [0.25, 0.3) is 0 Å². The predicted octanol–water partition coefficient (Wildman–Crippen LogP) is 3.36. The van der Waals surface area contributed by atoms with E-state index < -0.39 is 11.8 Å². The number of pyridine rings is 1. The van der Waals surface area contributed by atoms with Crippen molar-refractivity contribution in [2.24, 2.45) is 0 Å². The quantitative estimate of drug-likeness (QED) is 0.663. The molecule has 0 amide bonds. The number of esters is 1. The average Bonchev–Trinajstić information content (AvgIpc) is 2.41. The Hall–Kier alpha value is -1.70. The van der Waals surface area contributed by atoms with E-state index in [-0.39, 0.29) is 5.69 Å². The van der Waals surface area contributed by atoms with E-state index >= 15 is 0 Å². The fourth-order valence-electron chi connectivity index (χ4n) is 1.52. The second-order valence-corrected chi connectivity index (χ2v) is 4.91. The number of rotatable bonds is 3. The van der Waals surface area contributed by atoms with E-state index in [0.29, 0.717) is 11.3 Å². The maximum atomic E-state index is 13.7. The van der Waals surface area contributed by atoms with E-state index in [9.17, 15) is 9.18 Å². The molecule has 4 nitrogen and oxygen atoms in total. The van der Waals surface area contributed by atoms with Crippen LogP contribution >= 0.6 is 22.6 Å². The molecule has 0 saturated heterocycles. The van der Waals surface area contributed by atoms with Gasteiger partial charge in [-0.05, 0) is 46.9 Å². The summed E-state index contributed by atoms with van der Waals surface area (Å²) in [5.41, 5.74) is 0.975. The Morgan fingerprint density at radius 2 is 2.16 bits per heavy atom. The predicted molar refractivity (Wildman–Crippen MR) is 78.0 cm³/mol. The highest BCUT2D eigenvalue weighted by molar-refractivity contribution is 14.1. The topological polar surface area (TPSA) is 51.2 Å². The maximum Gasteiger partial charge on any atom is 0.340 e. The molecule has 0 fully saturated rings. The van der Waals surface area contributed by atoms with Crippen molar-refractivity contribution in [1.82, 2.24) is 4.98 Å². The van der Waals surface area contributed by atoms with Crippen molar-refractivity contribution in [3.8, 4) is 0 Å². The Kier molecular flexibility index (Phi) is 4.31. The van der Waals surface area contributed by atoms with E-state index in [4.69, 9.17) is 0 Å². The van der Waals surface area contributed by atoms with Crippen molar-refractivity contribution >= 4 is 39.9 Å². The van der Waals surface area contributed by atoms with E-state index in [2.05, 4.69) is 15.0 Å². The molecule has 2 aromatic rings. The van der Waals surface area contributed by atoms with Crippen LogP contribution in [0.15, 0.2) is 36.7 Å². The van der Waals surface area contributed by atoms with Gasteiger partial charge in [-0.25, -0.2) is 9.18 Å². The molecule has 0 radical (unpaired) electrons. The summed E-state index contributed by atoms with van der Waals surface area (Å²) in [5.74, 6) is -0.901. The molecule has 1 aromatic heterocycles. The van der Waals surface area contributed by atoms with Gasteiger partial charge >= 0.3 is 5.97 Å². The molecule has 2 rings (SSSR count). The van der Waals surface area contributed by atoms with E-state index in [1.54, 1.807) is 12.1 Å². The lowest BCUT2D eigenvalue weighted by atomic mass is 10.2. The van der Waals surface area contributed by atoms with Crippen molar-refractivity contribution in [2.45, 2.75) is 0 Å². The highest BCUT2D eigenvalue weighted by Gasteiger charge is 2.13. The van der Waals surface area contributed by atoms with Crippen molar-refractivity contribution in [3.05, 3.63) is 51.6 Å². The van der Waals surface area contributed by atoms with Crippen LogP contribution in [-0.2, 0) is 4.74 Å². The molecule has 0 aliphatic carbocycles. The number of hydrogen-bond acceptors (Lipinski definition) is 4. The van der Waals surface area contributed by atoms with E-state index in [1.165, 1.54) is 31.6 Å². The minimum atomic E-state index is -0.504. The van der Waals surface area contributed by atoms with Crippen LogP contribution in [0.5, 0.6) is 0 Å². The molecule has 0 bridgehead atoms. The number of nitrogens with one attached hydrogen (secondary N) is 1. The molecule has 6 heteroatoms. The molecule has 1 aromatic carbocycles. The van der Waals surface area contributed by atoms with Crippen molar-refractivity contribution in [1.29, 1.82) is 0 Å². The number of methoxy groups -OCH3 is 1. The van der Waals surface area contributed by atoms with Crippen LogP contribution in [0.2, 0.25) is 0 Å². The molecule has 1 heterocycles. The monoisotopic (exact) mass is 372 g/mol. The number of benzene rings is 1. The zero-order valence-corrected chi connectivity index (χ0v) is 12.1. The molecule has 19 heavy (non-hydrogen) atoms. The van der Waals surface area contributed by atoms with Crippen LogP contribution in [-0.4, -0.2) is 18.1 Å². The molecular formula is C13H10FIN2O2. The number of anilines is 2. The van der Waals surface area contributed by atoms with Gasteiger partial charge in [0, 0.05) is 9.77 Å². The number of ether oxygens (including phenoxy) is 1. The number of carbonyl (C=O) groups is 1. The number of hydrogen-bond donors (Lipinski definition) is 1. The largest absolute Gasteiger partial charge is 0.465 e. The molecule has 0 aliphatic heterocycles. The van der Waals surface area contributed by atoms with Gasteiger partial charge in [0.05, 0.1) is 30.2 Å². The summed E-state index contributed by atoms with van der Waals surface area (Å²) in [4.78, 5) is 15.5. The first-order valence-corrected chi connectivity index (χ1v) is 6.44. The Labute approximate surface area is 123 Å². The van der Waals surface area contributed by atoms with Crippen molar-refractivity contribution in [3.63, 3.8) is 0 Å². The zero-order chi connectivity index (χ0) is 13.8. The number of halogens is 2. The summed E-state index contributed by atoms with van der Waals surface area (Å²) < 4.78 is 19.2. The van der Waals surface area contributed by atoms with Crippen molar-refractivity contribution in [2.75, 3.05) is 12.4 Å². The average molecular weight is 372 g/mol. The second-order valence-electron chi connectivity index (χ2n) is 3.66. The third kappa shape index (κ3) is 3.19. The molecule has 0 spiro atoms. The fourth-order valence-corrected chi connectivity index (χ4v) is 1.97. The summed E-state index contributed by atoms with van der Waals surface area (Å²) >= 11 is 2.02. The summed E-state index contributed by atoms with van der Waals surface area (Å²) in [6.45, 7) is 0. The first kappa shape index (κ1) is 13.7. The SMILES string of the molecule is COC(=O)c1ccncc1Nc1ccc(I)cc1F. The first-order chi connectivity index (χ1) is 9.11. The highest BCUT2D eigenvalue weighted by Crippen LogP contribution is 2.24. The van der Waals surface area contributed by atoms with Crippen LogP contribution in [0, 0.1) is 9.39 Å². The zero-order valence-electron chi connectivity index (χ0n) is 9.98. The van der Waals surface area contributed by atoms with Gasteiger partial charge < -0.3 is 10.1 Å². The van der Waals surface area contributed by atoms with E-state index in [1.807, 2.05) is 22.6 Å². The Bertz CT molecular complexity index is 619. The lowest BCUT2D eigenvalue weighted by Crippen LogP contribution is -2.06. The Balaban J connectivity index is 2.35. The van der Waals surface area contributed by atoms with Gasteiger partial charge in [0.25, 0.3) is 0 Å².